The first-order valence-corrected chi connectivity index (χ1v) is 8.68. The first kappa shape index (κ1) is 17.0. The van der Waals surface area contributed by atoms with Crippen LogP contribution >= 0.6 is 0 Å². The van der Waals surface area contributed by atoms with Crippen LogP contribution in [0, 0.1) is 5.92 Å². The van der Waals surface area contributed by atoms with Gasteiger partial charge in [-0.05, 0) is 77.5 Å². The van der Waals surface area contributed by atoms with Gasteiger partial charge < -0.3 is 10.2 Å². The summed E-state index contributed by atoms with van der Waals surface area (Å²) < 4.78 is 0. The Hall–Kier alpha value is -0.0800. The lowest BCUT2D eigenvalue weighted by Gasteiger charge is -2.34. The van der Waals surface area contributed by atoms with Gasteiger partial charge in [-0.3, -0.25) is 0 Å². The summed E-state index contributed by atoms with van der Waals surface area (Å²) in [5.41, 5.74) is 0. The largest absolute Gasteiger partial charge is 0.317 e. The molecule has 0 aromatic heterocycles. The molecule has 1 saturated carbocycles. The fraction of sp³-hybridized carbons (Fsp3) is 1.00. The molecule has 2 heteroatoms. The molecule has 0 radical (unpaired) electrons. The van der Waals surface area contributed by atoms with Crippen LogP contribution < -0.4 is 5.32 Å². The maximum atomic E-state index is 3.48. The zero-order valence-corrected chi connectivity index (χ0v) is 13.6. The molecule has 1 aliphatic carbocycles. The molecule has 0 unspecified atom stereocenters. The van der Waals surface area contributed by atoms with E-state index in [-0.39, 0.29) is 0 Å². The highest BCUT2D eigenvalue weighted by molar-refractivity contribution is 4.77. The quantitative estimate of drug-likeness (QED) is 0.601. The van der Waals surface area contributed by atoms with Crippen LogP contribution in [0.2, 0.25) is 0 Å². The Morgan fingerprint density at radius 2 is 1.68 bits per heavy atom. The minimum atomic E-state index is 0.876. The molecule has 19 heavy (non-hydrogen) atoms. The molecule has 0 aliphatic heterocycles. The first-order valence-electron chi connectivity index (χ1n) is 8.68. The van der Waals surface area contributed by atoms with E-state index in [2.05, 4.69) is 31.1 Å². The molecule has 0 bridgehead atoms. The fourth-order valence-corrected chi connectivity index (χ4v) is 3.27. The third-order valence-corrected chi connectivity index (χ3v) is 4.81. The van der Waals surface area contributed by atoms with Gasteiger partial charge in [0, 0.05) is 6.04 Å². The Kier molecular flexibility index (Phi) is 9.54. The Bertz CT molecular complexity index is 197. The molecule has 1 rings (SSSR count). The van der Waals surface area contributed by atoms with Crippen molar-refractivity contribution in [3.05, 3.63) is 0 Å². The molecule has 114 valence electrons. The molecule has 1 N–H and O–H groups in total. The van der Waals surface area contributed by atoms with E-state index < -0.39 is 0 Å². The van der Waals surface area contributed by atoms with Gasteiger partial charge in [0.2, 0.25) is 0 Å². The summed E-state index contributed by atoms with van der Waals surface area (Å²) in [5, 5.41) is 3.48. The molecule has 1 fully saturated rings. The fourth-order valence-electron chi connectivity index (χ4n) is 3.27. The van der Waals surface area contributed by atoms with E-state index in [0.717, 1.165) is 12.0 Å². The average Bonchev–Trinajstić information content (AvgIpc) is 2.46. The summed E-state index contributed by atoms with van der Waals surface area (Å²) in [6.07, 6.45) is 12.5. The Balaban J connectivity index is 1.97. The van der Waals surface area contributed by atoms with Crippen LogP contribution in [0.4, 0.5) is 0 Å². The number of hydrogen-bond donors (Lipinski definition) is 1. The van der Waals surface area contributed by atoms with E-state index in [1.807, 2.05) is 0 Å². The number of hydrogen-bond acceptors (Lipinski definition) is 2. The van der Waals surface area contributed by atoms with Crippen LogP contribution in [0.1, 0.15) is 71.6 Å². The van der Waals surface area contributed by atoms with Gasteiger partial charge in [0.25, 0.3) is 0 Å². The molecule has 0 heterocycles. The molecular weight excluding hydrogens is 232 g/mol. The zero-order valence-electron chi connectivity index (χ0n) is 13.6. The highest BCUT2D eigenvalue weighted by Crippen LogP contribution is 2.28. The lowest BCUT2D eigenvalue weighted by atomic mass is 9.84. The van der Waals surface area contributed by atoms with Gasteiger partial charge in [-0.15, -0.1) is 0 Å². The smallest absolute Gasteiger partial charge is 0.00924 e. The second-order valence-corrected chi connectivity index (χ2v) is 6.37. The number of unbranched alkanes of at least 4 members (excludes halogenated alkanes) is 2. The third kappa shape index (κ3) is 7.31. The first-order chi connectivity index (χ1) is 9.27. The predicted octanol–water partition coefficient (Wildman–Crippen LogP) is 4.06. The van der Waals surface area contributed by atoms with Gasteiger partial charge in [-0.25, -0.2) is 0 Å². The van der Waals surface area contributed by atoms with Crippen molar-refractivity contribution in [2.75, 3.05) is 26.7 Å². The lowest BCUT2D eigenvalue weighted by molar-refractivity contribution is 0.161. The molecule has 0 atom stereocenters. The highest BCUT2D eigenvalue weighted by Gasteiger charge is 2.22. The lowest BCUT2D eigenvalue weighted by Crippen LogP contribution is -2.35. The Morgan fingerprint density at radius 1 is 0.947 bits per heavy atom. The van der Waals surface area contributed by atoms with Crippen molar-refractivity contribution < 1.29 is 0 Å². The van der Waals surface area contributed by atoms with E-state index in [9.17, 15) is 0 Å². The standard InChI is InChI=1S/C17H36N2/c1-4-13-18-14-7-6-8-15-19(3)17-11-9-16(5-2)10-12-17/h16-18H,4-15H2,1-3H3. The van der Waals surface area contributed by atoms with Gasteiger partial charge in [0.1, 0.15) is 0 Å². The molecule has 2 nitrogen and oxygen atoms in total. The van der Waals surface area contributed by atoms with Crippen molar-refractivity contribution >= 4 is 0 Å². The van der Waals surface area contributed by atoms with Gasteiger partial charge in [0.05, 0.1) is 0 Å². The van der Waals surface area contributed by atoms with Crippen molar-refractivity contribution in [3.63, 3.8) is 0 Å². The predicted molar refractivity (Wildman–Crippen MR) is 85.7 cm³/mol. The SMILES string of the molecule is CCCNCCCCCN(C)C1CCC(CC)CC1. The summed E-state index contributed by atoms with van der Waals surface area (Å²) in [5.74, 6) is 1.02. The monoisotopic (exact) mass is 268 g/mol. The van der Waals surface area contributed by atoms with Crippen LogP contribution in [0.3, 0.4) is 0 Å². The number of nitrogens with one attached hydrogen (secondary N) is 1. The number of rotatable bonds is 10. The summed E-state index contributed by atoms with van der Waals surface area (Å²) in [6, 6.07) is 0.876. The van der Waals surface area contributed by atoms with Crippen LogP contribution in [-0.4, -0.2) is 37.6 Å². The second-order valence-electron chi connectivity index (χ2n) is 6.37. The van der Waals surface area contributed by atoms with Gasteiger partial charge in [-0.1, -0.05) is 26.7 Å². The van der Waals surface area contributed by atoms with Gasteiger partial charge >= 0.3 is 0 Å². The van der Waals surface area contributed by atoms with Crippen LogP contribution in [0.5, 0.6) is 0 Å². The summed E-state index contributed by atoms with van der Waals surface area (Å²) in [7, 11) is 2.34. The molecule has 0 saturated heterocycles. The van der Waals surface area contributed by atoms with E-state index >= 15 is 0 Å². The summed E-state index contributed by atoms with van der Waals surface area (Å²) >= 11 is 0. The zero-order chi connectivity index (χ0) is 13.9. The second kappa shape index (κ2) is 10.7. The molecular formula is C17H36N2. The third-order valence-electron chi connectivity index (χ3n) is 4.81. The van der Waals surface area contributed by atoms with Crippen molar-refractivity contribution in [1.29, 1.82) is 0 Å². The molecule has 0 spiro atoms. The summed E-state index contributed by atoms with van der Waals surface area (Å²) in [6.45, 7) is 8.27. The topological polar surface area (TPSA) is 15.3 Å². The highest BCUT2D eigenvalue weighted by atomic mass is 15.1. The van der Waals surface area contributed by atoms with Crippen molar-refractivity contribution in [2.24, 2.45) is 5.92 Å². The minimum Gasteiger partial charge on any atom is -0.317 e. The molecule has 1 aliphatic rings. The van der Waals surface area contributed by atoms with E-state index in [0.29, 0.717) is 0 Å². The number of nitrogens with zero attached hydrogens (tertiary/aromatic N) is 1. The van der Waals surface area contributed by atoms with E-state index in [1.165, 1.54) is 77.4 Å². The summed E-state index contributed by atoms with van der Waals surface area (Å²) in [4.78, 5) is 2.63. The Labute approximate surface area is 121 Å². The molecule has 0 aromatic rings. The molecule has 0 amide bonds. The average molecular weight is 268 g/mol. The Morgan fingerprint density at radius 3 is 2.32 bits per heavy atom. The maximum absolute atomic E-state index is 3.48. The van der Waals surface area contributed by atoms with Crippen LogP contribution in [-0.2, 0) is 0 Å². The van der Waals surface area contributed by atoms with E-state index in [1.54, 1.807) is 0 Å². The van der Waals surface area contributed by atoms with Crippen molar-refractivity contribution in [1.82, 2.24) is 10.2 Å². The van der Waals surface area contributed by atoms with Crippen LogP contribution in [0.25, 0.3) is 0 Å². The van der Waals surface area contributed by atoms with Gasteiger partial charge in [-0.2, -0.15) is 0 Å². The van der Waals surface area contributed by atoms with Crippen molar-refractivity contribution in [3.8, 4) is 0 Å². The minimum absolute atomic E-state index is 0.876. The van der Waals surface area contributed by atoms with E-state index in [4.69, 9.17) is 0 Å². The van der Waals surface area contributed by atoms with Crippen LogP contribution in [0.15, 0.2) is 0 Å². The molecule has 0 aromatic carbocycles. The maximum Gasteiger partial charge on any atom is 0.00924 e. The van der Waals surface area contributed by atoms with Crippen molar-refractivity contribution in [2.45, 2.75) is 77.7 Å². The normalized spacial score (nSPS) is 24.0. The van der Waals surface area contributed by atoms with Gasteiger partial charge in [0.15, 0.2) is 0 Å².